The van der Waals surface area contributed by atoms with Crippen LogP contribution in [0, 0.1) is 18.3 Å². The Labute approximate surface area is 131 Å². The van der Waals surface area contributed by atoms with Crippen LogP contribution in [0.3, 0.4) is 0 Å². The van der Waals surface area contributed by atoms with Crippen molar-refractivity contribution >= 4 is 28.2 Å². The number of carbonyl (C=O) groups is 2. The second-order valence-electron chi connectivity index (χ2n) is 4.42. The van der Waals surface area contributed by atoms with Crippen molar-refractivity contribution in [2.45, 2.75) is 13.8 Å². The number of rotatable bonds is 4. The Morgan fingerprint density at radius 2 is 2.27 bits per heavy atom. The summed E-state index contributed by atoms with van der Waals surface area (Å²) < 4.78 is 6.45. The van der Waals surface area contributed by atoms with Gasteiger partial charge in [0.15, 0.2) is 5.69 Å². The highest BCUT2D eigenvalue weighted by molar-refractivity contribution is 7.18. The average Bonchev–Trinajstić information content (AvgIpc) is 3.03. The fourth-order valence-electron chi connectivity index (χ4n) is 1.83. The Morgan fingerprint density at radius 3 is 2.82 bits per heavy atom. The normalized spacial score (nSPS) is 10.1. The molecule has 1 N–H and O–H groups in total. The number of hydrogen-bond donors (Lipinski definition) is 1. The molecule has 0 fully saturated rings. The third-order valence-electron chi connectivity index (χ3n) is 2.89. The van der Waals surface area contributed by atoms with Gasteiger partial charge in [-0.1, -0.05) is 0 Å². The monoisotopic (exact) mass is 318 g/mol. The number of anilines is 1. The van der Waals surface area contributed by atoms with Gasteiger partial charge in [-0.2, -0.15) is 10.4 Å². The molecule has 0 saturated heterocycles. The molecule has 0 radical (unpaired) electrons. The minimum absolute atomic E-state index is 0.232. The first-order chi connectivity index (χ1) is 10.5. The Morgan fingerprint density at radius 1 is 1.55 bits per heavy atom. The minimum Gasteiger partial charge on any atom is -0.462 e. The van der Waals surface area contributed by atoms with E-state index < -0.39 is 11.9 Å². The second kappa shape index (κ2) is 6.41. The molecule has 114 valence electrons. The van der Waals surface area contributed by atoms with Crippen molar-refractivity contribution in [3.8, 4) is 6.07 Å². The van der Waals surface area contributed by atoms with E-state index in [1.807, 2.05) is 6.07 Å². The minimum atomic E-state index is -0.500. The Kier molecular flexibility index (Phi) is 4.58. The highest BCUT2D eigenvalue weighted by atomic mass is 32.1. The van der Waals surface area contributed by atoms with Crippen molar-refractivity contribution in [2.24, 2.45) is 7.05 Å². The predicted octanol–water partition coefficient (Wildman–Crippen LogP) is 2.09. The van der Waals surface area contributed by atoms with Crippen LogP contribution in [0.25, 0.3) is 0 Å². The lowest BCUT2D eigenvalue weighted by Crippen LogP contribution is -2.12. The molecule has 7 nitrogen and oxygen atoms in total. The van der Waals surface area contributed by atoms with Gasteiger partial charge in [-0.05, 0) is 25.5 Å². The zero-order chi connectivity index (χ0) is 16.3. The maximum absolute atomic E-state index is 12.1. The molecule has 0 spiro atoms. The van der Waals surface area contributed by atoms with Crippen LogP contribution in [0.1, 0.15) is 38.2 Å². The summed E-state index contributed by atoms with van der Waals surface area (Å²) in [7, 11) is 1.70. The van der Waals surface area contributed by atoms with E-state index in [0.717, 1.165) is 11.3 Å². The number of esters is 1. The molecule has 0 atom stereocenters. The Hall–Kier alpha value is -2.66. The van der Waals surface area contributed by atoms with Crippen molar-refractivity contribution in [2.75, 3.05) is 11.9 Å². The molecule has 2 aromatic rings. The van der Waals surface area contributed by atoms with Crippen molar-refractivity contribution < 1.29 is 14.3 Å². The zero-order valence-electron chi connectivity index (χ0n) is 12.3. The van der Waals surface area contributed by atoms with Crippen LogP contribution < -0.4 is 5.32 Å². The molecule has 8 heteroatoms. The summed E-state index contributed by atoms with van der Waals surface area (Å²) in [6.07, 6.45) is 1.64. The second-order valence-corrected chi connectivity index (χ2v) is 5.44. The van der Waals surface area contributed by atoms with Gasteiger partial charge in [0.2, 0.25) is 0 Å². The van der Waals surface area contributed by atoms with Crippen molar-refractivity contribution in [3.05, 3.63) is 34.0 Å². The van der Waals surface area contributed by atoms with Crippen molar-refractivity contribution in [1.29, 1.82) is 5.26 Å². The van der Waals surface area contributed by atoms with E-state index in [-0.39, 0.29) is 17.9 Å². The molecule has 1 amide bonds. The van der Waals surface area contributed by atoms with Crippen LogP contribution in [0.5, 0.6) is 0 Å². The number of nitrogens with zero attached hydrogens (tertiary/aromatic N) is 3. The number of nitriles is 1. The first kappa shape index (κ1) is 15.7. The molecule has 0 bridgehead atoms. The van der Waals surface area contributed by atoms with Gasteiger partial charge in [-0.15, -0.1) is 11.3 Å². The van der Waals surface area contributed by atoms with Gasteiger partial charge >= 0.3 is 5.97 Å². The molecular formula is C14H14N4O3S. The number of carbonyl (C=O) groups excluding carboxylic acids is 2. The SMILES string of the molecule is CCOC(=O)c1sc(NC(=O)c2ccn(C)n2)c(C#N)c1C. The molecular weight excluding hydrogens is 304 g/mol. The summed E-state index contributed by atoms with van der Waals surface area (Å²) >= 11 is 1.02. The lowest BCUT2D eigenvalue weighted by molar-refractivity contribution is 0.0531. The number of thiophene rings is 1. The number of aromatic nitrogens is 2. The maximum atomic E-state index is 12.1. The number of ether oxygens (including phenoxy) is 1. The van der Waals surface area contributed by atoms with Gasteiger partial charge in [-0.3, -0.25) is 9.48 Å². The molecule has 2 rings (SSSR count). The summed E-state index contributed by atoms with van der Waals surface area (Å²) in [6.45, 7) is 3.60. The maximum Gasteiger partial charge on any atom is 0.348 e. The summed E-state index contributed by atoms with van der Waals surface area (Å²) in [6, 6.07) is 3.57. The molecule has 0 aliphatic heterocycles. The van der Waals surface area contributed by atoms with E-state index in [2.05, 4.69) is 10.4 Å². The van der Waals surface area contributed by atoms with Crippen molar-refractivity contribution in [3.63, 3.8) is 0 Å². The van der Waals surface area contributed by atoms with Gasteiger partial charge in [0.1, 0.15) is 15.9 Å². The smallest absolute Gasteiger partial charge is 0.348 e. The number of aryl methyl sites for hydroxylation is 1. The first-order valence-electron chi connectivity index (χ1n) is 6.49. The standard InChI is InChI=1S/C14H14N4O3S/c1-4-21-14(20)11-8(2)9(7-15)13(22-11)16-12(19)10-5-6-18(3)17-10/h5-6H,4H2,1-3H3,(H,16,19). The largest absolute Gasteiger partial charge is 0.462 e. The van der Waals surface area contributed by atoms with Crippen LogP contribution in [0.15, 0.2) is 12.3 Å². The third-order valence-corrected chi connectivity index (χ3v) is 4.08. The lowest BCUT2D eigenvalue weighted by Gasteiger charge is -2.00. The van der Waals surface area contributed by atoms with Gasteiger partial charge < -0.3 is 10.1 Å². The Bertz CT molecular complexity index is 770. The predicted molar refractivity (Wildman–Crippen MR) is 80.9 cm³/mol. The molecule has 2 heterocycles. The number of amides is 1. The Balaban J connectivity index is 2.31. The van der Waals surface area contributed by atoms with Gasteiger partial charge in [-0.25, -0.2) is 4.79 Å². The summed E-state index contributed by atoms with van der Waals surface area (Å²) in [5, 5.41) is 16.2. The first-order valence-corrected chi connectivity index (χ1v) is 7.31. The number of nitrogens with one attached hydrogen (secondary N) is 1. The highest BCUT2D eigenvalue weighted by Gasteiger charge is 2.22. The lowest BCUT2D eigenvalue weighted by atomic mass is 10.2. The summed E-state index contributed by atoms with van der Waals surface area (Å²) in [4.78, 5) is 24.3. The van der Waals surface area contributed by atoms with Gasteiger partial charge in [0, 0.05) is 13.2 Å². The molecule has 0 aliphatic carbocycles. The number of hydrogen-bond acceptors (Lipinski definition) is 6. The average molecular weight is 318 g/mol. The summed E-state index contributed by atoms with van der Waals surface area (Å²) in [5.74, 6) is -0.936. The van der Waals surface area contributed by atoms with Gasteiger partial charge in [0.05, 0.1) is 12.2 Å². The molecule has 0 aliphatic rings. The fraction of sp³-hybridized carbons (Fsp3) is 0.286. The molecule has 0 aromatic carbocycles. The van der Waals surface area contributed by atoms with Gasteiger partial charge in [0.25, 0.3) is 5.91 Å². The topological polar surface area (TPSA) is 97.0 Å². The van der Waals surface area contributed by atoms with Crippen molar-refractivity contribution in [1.82, 2.24) is 9.78 Å². The molecule has 22 heavy (non-hydrogen) atoms. The van der Waals surface area contributed by atoms with Crippen LogP contribution in [0.2, 0.25) is 0 Å². The highest BCUT2D eigenvalue weighted by Crippen LogP contribution is 2.33. The van der Waals surface area contributed by atoms with Crippen LogP contribution in [0.4, 0.5) is 5.00 Å². The van der Waals surface area contributed by atoms with Crippen LogP contribution in [-0.2, 0) is 11.8 Å². The molecule has 2 aromatic heterocycles. The van der Waals surface area contributed by atoms with E-state index in [1.165, 1.54) is 4.68 Å². The van der Waals surface area contributed by atoms with Crippen LogP contribution >= 0.6 is 11.3 Å². The summed E-state index contributed by atoms with van der Waals surface area (Å²) in [5.41, 5.74) is 0.995. The van der Waals surface area contributed by atoms with E-state index >= 15 is 0 Å². The molecule has 0 saturated carbocycles. The van der Waals surface area contributed by atoms with Crippen LogP contribution in [-0.4, -0.2) is 28.3 Å². The van der Waals surface area contributed by atoms with E-state index in [1.54, 1.807) is 33.2 Å². The van der Waals surface area contributed by atoms with E-state index in [0.29, 0.717) is 15.4 Å². The fourth-order valence-corrected chi connectivity index (χ4v) is 2.88. The van der Waals surface area contributed by atoms with E-state index in [9.17, 15) is 14.9 Å². The molecule has 0 unspecified atom stereocenters. The van der Waals surface area contributed by atoms with E-state index in [4.69, 9.17) is 4.74 Å². The quantitative estimate of drug-likeness (QED) is 0.871. The zero-order valence-corrected chi connectivity index (χ0v) is 13.2. The third kappa shape index (κ3) is 2.99.